The van der Waals surface area contributed by atoms with E-state index in [9.17, 15) is 14.7 Å². The molecule has 1 aliphatic rings. The van der Waals surface area contributed by atoms with E-state index in [2.05, 4.69) is 0 Å². The van der Waals surface area contributed by atoms with Gasteiger partial charge in [0.1, 0.15) is 0 Å². The van der Waals surface area contributed by atoms with Crippen LogP contribution in [0, 0.1) is 0 Å². The van der Waals surface area contributed by atoms with Crippen molar-refractivity contribution in [3.05, 3.63) is 65.2 Å². The molecule has 0 saturated heterocycles. The zero-order valence-corrected chi connectivity index (χ0v) is 14.8. The van der Waals surface area contributed by atoms with E-state index in [1.54, 1.807) is 29.2 Å². The van der Waals surface area contributed by atoms with Gasteiger partial charge in [-0.15, -0.1) is 0 Å². The smallest absolute Gasteiger partial charge is 0.264 e. The Balaban J connectivity index is 1.95. The van der Waals surface area contributed by atoms with Gasteiger partial charge in [-0.1, -0.05) is 49.4 Å². The van der Waals surface area contributed by atoms with E-state index in [1.165, 1.54) is 0 Å². The molecule has 1 atom stereocenters. The zero-order chi connectivity index (χ0) is 18.2. The maximum absolute atomic E-state index is 12.9. The highest BCUT2D eigenvalue weighted by molar-refractivity contribution is 6.11. The van der Waals surface area contributed by atoms with E-state index in [4.69, 9.17) is 0 Å². The van der Waals surface area contributed by atoms with Crippen molar-refractivity contribution in [1.82, 2.24) is 0 Å². The Kier molecular flexibility index (Phi) is 4.48. The Morgan fingerprint density at radius 2 is 1.76 bits per heavy atom. The maximum atomic E-state index is 12.9. The van der Waals surface area contributed by atoms with Crippen LogP contribution in [0.2, 0.25) is 0 Å². The lowest BCUT2D eigenvalue weighted by Gasteiger charge is -2.25. The first kappa shape index (κ1) is 17.4. The Labute approximate surface area is 148 Å². The van der Waals surface area contributed by atoms with Crippen LogP contribution in [0.5, 0.6) is 0 Å². The average Bonchev–Trinajstić information content (AvgIpc) is 2.83. The van der Waals surface area contributed by atoms with Crippen LogP contribution < -0.4 is 4.90 Å². The number of aryl methyl sites for hydroxylation is 1. The second-order valence-electron chi connectivity index (χ2n) is 6.80. The minimum atomic E-state index is -1.80. The molecule has 1 heterocycles. The predicted molar refractivity (Wildman–Crippen MR) is 97.7 cm³/mol. The zero-order valence-electron chi connectivity index (χ0n) is 14.8. The number of benzene rings is 2. The first-order valence-corrected chi connectivity index (χ1v) is 8.66. The van der Waals surface area contributed by atoms with E-state index in [0.29, 0.717) is 16.8 Å². The third-order valence-corrected chi connectivity index (χ3v) is 4.80. The topological polar surface area (TPSA) is 57.6 Å². The van der Waals surface area contributed by atoms with Crippen molar-refractivity contribution in [2.45, 2.75) is 45.3 Å². The molecule has 3 rings (SSSR count). The molecule has 2 aromatic rings. The van der Waals surface area contributed by atoms with Gasteiger partial charge >= 0.3 is 0 Å². The van der Waals surface area contributed by atoms with Crippen LogP contribution >= 0.6 is 0 Å². The highest BCUT2D eigenvalue weighted by Crippen LogP contribution is 2.43. The molecule has 0 radical (unpaired) electrons. The standard InChI is InChI=1S/C21H23NO3/c1-4-15-9-11-16(12-10-15)19(23)13-21(25)17-7-5-6-8-18(17)22(14(2)3)20(21)24/h5-12,14,25H,4,13H2,1-3H3/t21-/m1/s1. The van der Waals surface area contributed by atoms with Crippen LogP contribution in [0.4, 0.5) is 5.69 Å². The molecule has 0 unspecified atom stereocenters. The number of carbonyl (C=O) groups excluding carboxylic acids is 2. The van der Waals surface area contributed by atoms with Gasteiger partial charge in [0.15, 0.2) is 11.4 Å². The van der Waals surface area contributed by atoms with Crippen LogP contribution in [-0.2, 0) is 16.8 Å². The summed E-state index contributed by atoms with van der Waals surface area (Å²) in [6, 6.07) is 14.4. The second kappa shape index (κ2) is 6.45. The summed E-state index contributed by atoms with van der Waals surface area (Å²) in [6.45, 7) is 5.84. The van der Waals surface area contributed by atoms with Crippen LogP contribution in [0.1, 0.15) is 48.7 Å². The number of hydrogen-bond donors (Lipinski definition) is 1. The van der Waals surface area contributed by atoms with E-state index in [-0.39, 0.29) is 18.2 Å². The molecular formula is C21H23NO3. The number of ketones is 1. The number of para-hydroxylation sites is 1. The van der Waals surface area contributed by atoms with Gasteiger partial charge in [-0.05, 0) is 31.9 Å². The number of aliphatic hydroxyl groups is 1. The molecular weight excluding hydrogens is 314 g/mol. The summed E-state index contributed by atoms with van der Waals surface area (Å²) >= 11 is 0. The predicted octanol–water partition coefficient (Wildman–Crippen LogP) is 3.46. The van der Waals surface area contributed by atoms with Crippen molar-refractivity contribution < 1.29 is 14.7 Å². The molecule has 4 nitrogen and oxygen atoms in total. The van der Waals surface area contributed by atoms with Gasteiger partial charge in [-0.3, -0.25) is 9.59 Å². The summed E-state index contributed by atoms with van der Waals surface area (Å²) in [5.74, 6) is -0.666. The molecule has 0 fully saturated rings. The first-order chi connectivity index (χ1) is 11.9. The summed E-state index contributed by atoms with van der Waals surface area (Å²) in [5, 5.41) is 11.2. The molecule has 1 amide bonds. The van der Waals surface area contributed by atoms with E-state index in [0.717, 1.165) is 12.0 Å². The lowest BCUT2D eigenvalue weighted by molar-refractivity contribution is -0.136. The molecule has 0 bridgehead atoms. The molecule has 1 N–H and O–H groups in total. The molecule has 4 heteroatoms. The third kappa shape index (κ3) is 2.87. The molecule has 2 aromatic carbocycles. The number of Topliss-reactive ketones (excluding diaryl/α,β-unsaturated/α-hetero) is 1. The summed E-state index contributed by atoms with van der Waals surface area (Å²) < 4.78 is 0. The normalized spacial score (nSPS) is 19.4. The van der Waals surface area contributed by atoms with Gasteiger partial charge in [0.05, 0.1) is 12.1 Å². The Morgan fingerprint density at radius 1 is 1.12 bits per heavy atom. The molecule has 25 heavy (non-hydrogen) atoms. The fraction of sp³-hybridized carbons (Fsp3) is 0.333. The van der Waals surface area contributed by atoms with Crippen molar-refractivity contribution in [2.24, 2.45) is 0 Å². The quantitative estimate of drug-likeness (QED) is 0.850. The van der Waals surface area contributed by atoms with Crippen LogP contribution in [0.3, 0.4) is 0 Å². The number of amides is 1. The third-order valence-electron chi connectivity index (χ3n) is 4.80. The fourth-order valence-electron chi connectivity index (χ4n) is 3.40. The van der Waals surface area contributed by atoms with Crippen molar-refractivity contribution in [3.8, 4) is 0 Å². The van der Waals surface area contributed by atoms with E-state index >= 15 is 0 Å². The van der Waals surface area contributed by atoms with Crippen LogP contribution in [0.15, 0.2) is 48.5 Å². The molecule has 0 spiro atoms. The van der Waals surface area contributed by atoms with Gasteiger partial charge < -0.3 is 10.0 Å². The fourth-order valence-corrected chi connectivity index (χ4v) is 3.40. The van der Waals surface area contributed by atoms with Crippen LogP contribution in [-0.4, -0.2) is 22.8 Å². The second-order valence-corrected chi connectivity index (χ2v) is 6.80. The van der Waals surface area contributed by atoms with Gasteiger partial charge in [-0.2, -0.15) is 0 Å². The number of hydrogen-bond acceptors (Lipinski definition) is 3. The van der Waals surface area contributed by atoms with Crippen molar-refractivity contribution in [1.29, 1.82) is 0 Å². The SMILES string of the molecule is CCc1ccc(C(=O)C[C@]2(O)C(=O)N(C(C)C)c3ccccc32)cc1. The van der Waals surface area contributed by atoms with Crippen molar-refractivity contribution >= 4 is 17.4 Å². The van der Waals surface area contributed by atoms with Gasteiger partial charge in [0, 0.05) is 17.2 Å². The van der Waals surface area contributed by atoms with E-state index in [1.807, 2.05) is 45.0 Å². The highest BCUT2D eigenvalue weighted by Gasteiger charge is 2.51. The minimum Gasteiger partial charge on any atom is -0.375 e. The number of carbonyl (C=O) groups is 2. The van der Waals surface area contributed by atoms with Crippen molar-refractivity contribution in [2.75, 3.05) is 4.90 Å². The van der Waals surface area contributed by atoms with Crippen molar-refractivity contribution in [3.63, 3.8) is 0 Å². The first-order valence-electron chi connectivity index (χ1n) is 8.66. The molecule has 130 valence electrons. The number of nitrogens with zero attached hydrogens (tertiary/aromatic N) is 1. The average molecular weight is 337 g/mol. The number of rotatable bonds is 5. The van der Waals surface area contributed by atoms with Gasteiger partial charge in [0.25, 0.3) is 5.91 Å². The highest BCUT2D eigenvalue weighted by atomic mass is 16.3. The summed E-state index contributed by atoms with van der Waals surface area (Å²) in [5.41, 5.74) is 1.04. The Bertz CT molecular complexity index is 810. The van der Waals surface area contributed by atoms with E-state index < -0.39 is 11.5 Å². The summed E-state index contributed by atoms with van der Waals surface area (Å²) in [4.78, 5) is 27.2. The number of fused-ring (bicyclic) bond motifs is 1. The Morgan fingerprint density at radius 3 is 2.36 bits per heavy atom. The summed E-state index contributed by atoms with van der Waals surface area (Å²) in [7, 11) is 0. The minimum absolute atomic E-state index is 0.0957. The maximum Gasteiger partial charge on any atom is 0.264 e. The molecule has 0 aromatic heterocycles. The monoisotopic (exact) mass is 337 g/mol. The molecule has 0 saturated carbocycles. The lowest BCUT2D eigenvalue weighted by atomic mass is 9.88. The Hall–Kier alpha value is -2.46. The van der Waals surface area contributed by atoms with Gasteiger partial charge in [-0.25, -0.2) is 0 Å². The largest absolute Gasteiger partial charge is 0.375 e. The molecule has 0 aliphatic carbocycles. The van der Waals surface area contributed by atoms with Gasteiger partial charge in [0.2, 0.25) is 0 Å². The number of anilines is 1. The van der Waals surface area contributed by atoms with Crippen LogP contribution in [0.25, 0.3) is 0 Å². The summed E-state index contributed by atoms with van der Waals surface area (Å²) in [6.07, 6.45) is 0.644. The lowest BCUT2D eigenvalue weighted by Crippen LogP contribution is -2.44. The molecule has 1 aliphatic heterocycles.